The largest absolute Gasteiger partial charge is 0.508 e. The molecule has 3 aliphatic rings. The van der Waals surface area contributed by atoms with Gasteiger partial charge in [0.25, 0.3) is 0 Å². The molecule has 34 nitrogen and oxygen atoms in total. The number of unbranched alkanes of at least 4 members (excludes halogenated alkanes) is 4. The molecule has 3 heterocycles. The molecule has 3 aliphatic heterocycles. The van der Waals surface area contributed by atoms with Crippen LogP contribution in [0.4, 0.5) is 0 Å². The molecule has 0 saturated carbocycles. The standard InChI is InChI=1S/C85H140N18O16/c1-48(2)43-62-76(110)90-60(25-15-19-39-88)75(109)100-70(52(9)10)83(117)98-66(47-55-31-35-57(105)36-32-55)85(119)102-41-21-27-67(102)79(113)96-64(45-50(5)6)77(111)91-61(26-16-20-40-89)74(108)99-69(51(7)8)81(115)92-58(23-13-17-37-86)73(107)95-63(44-49(3)4)78(112)97-65(46-54-29-33-56(104)34-30-54)84(118)103-42-22-28-68(103)80(114)101-71(53(11)12)82(116)93-59(72(106)94-62)24-14-18-38-87/h29-36,48-53,58-71,104-105H,13-28,37-47,86-89H2,1-12H3,(H,90,110)(H,91,111)(H,92,115)(H,93,116)(H,94,106)(H,95,107)(H,96,113)(H,97,112)(H,98,117)(H,99,108)(H,100,109)(H,101,114)/t58-,59-,60-,61-,62-,63-,64-,65+,66+,67-,68-,69-,70-,71-/m0/s1. The van der Waals surface area contributed by atoms with Crippen LogP contribution >= 0.6 is 0 Å². The van der Waals surface area contributed by atoms with Gasteiger partial charge in [0.1, 0.15) is 96.1 Å². The highest BCUT2D eigenvalue weighted by Crippen LogP contribution is 2.26. The zero-order chi connectivity index (χ0) is 88.3. The summed E-state index contributed by atoms with van der Waals surface area (Å²) in [5.41, 5.74) is 24.7. The Morgan fingerprint density at radius 2 is 0.529 bits per heavy atom. The van der Waals surface area contributed by atoms with Crippen molar-refractivity contribution >= 4 is 82.7 Å². The molecule has 0 radical (unpaired) electrons. The van der Waals surface area contributed by atoms with E-state index < -0.39 is 185 Å². The minimum absolute atomic E-state index is 0.0216. The Labute approximate surface area is 701 Å². The fraction of sp³-hybridized carbons (Fsp3) is 0.694. The minimum atomic E-state index is -1.40. The normalized spacial score (nSPS) is 25.7. The first kappa shape index (κ1) is 100. The lowest BCUT2D eigenvalue weighted by atomic mass is 9.98. The summed E-state index contributed by atoms with van der Waals surface area (Å²) < 4.78 is 0. The van der Waals surface area contributed by atoms with Gasteiger partial charge in [-0.2, -0.15) is 0 Å². The second-order valence-electron chi connectivity index (χ2n) is 34.4. The maximum Gasteiger partial charge on any atom is 0.246 e. The number of benzene rings is 2. The number of nitrogens with one attached hydrogen (secondary N) is 12. The number of phenols is 2. The van der Waals surface area contributed by atoms with Crippen LogP contribution < -0.4 is 86.7 Å². The lowest BCUT2D eigenvalue weighted by molar-refractivity contribution is -0.143. The first-order chi connectivity index (χ1) is 56.4. The van der Waals surface area contributed by atoms with Crippen LogP contribution in [0.25, 0.3) is 0 Å². The van der Waals surface area contributed by atoms with Crippen LogP contribution in [-0.2, 0) is 80.0 Å². The second-order valence-corrected chi connectivity index (χ2v) is 34.4. The first-order valence-corrected chi connectivity index (χ1v) is 43.0. The van der Waals surface area contributed by atoms with Gasteiger partial charge in [-0.3, -0.25) is 67.1 Å². The van der Waals surface area contributed by atoms with Crippen molar-refractivity contribution in [3.05, 3.63) is 59.7 Å². The van der Waals surface area contributed by atoms with Gasteiger partial charge < -0.3 is 107 Å². The van der Waals surface area contributed by atoms with Gasteiger partial charge in [-0.15, -0.1) is 0 Å². The lowest BCUT2D eigenvalue weighted by Gasteiger charge is -2.32. The summed E-state index contributed by atoms with van der Waals surface area (Å²) in [5.74, 6) is -13.4. The van der Waals surface area contributed by atoms with Gasteiger partial charge in [0.2, 0.25) is 82.7 Å². The number of amides is 14. The zero-order valence-corrected chi connectivity index (χ0v) is 72.1. The molecule has 2 aromatic carbocycles. The van der Waals surface area contributed by atoms with E-state index in [-0.39, 0.29) is 139 Å². The average molecular weight is 1670 g/mol. The number of rotatable bonds is 29. The Morgan fingerprint density at radius 3 is 0.807 bits per heavy atom. The number of nitrogens with zero attached hydrogens (tertiary/aromatic N) is 2. The van der Waals surface area contributed by atoms with Crippen LogP contribution in [0.1, 0.15) is 216 Å². The number of hydrogen-bond acceptors (Lipinski definition) is 20. The van der Waals surface area contributed by atoms with Crippen LogP contribution in [0.15, 0.2) is 48.5 Å². The highest BCUT2D eigenvalue weighted by atomic mass is 16.3. The van der Waals surface area contributed by atoms with E-state index in [1.54, 1.807) is 65.8 Å². The molecule has 0 bridgehead atoms. The van der Waals surface area contributed by atoms with E-state index in [1.807, 2.05) is 41.5 Å². The molecule has 0 aromatic heterocycles. The summed E-state index contributed by atoms with van der Waals surface area (Å²) in [6, 6.07) is -6.54. The molecule has 14 atom stereocenters. The number of fused-ring (bicyclic) bond motifs is 2. The minimum Gasteiger partial charge on any atom is -0.508 e. The summed E-state index contributed by atoms with van der Waals surface area (Å²) in [6.45, 7) is 22.0. The molecular weight excluding hydrogens is 1530 g/mol. The number of carbonyl (C=O) groups excluding carboxylic acids is 14. The van der Waals surface area contributed by atoms with Crippen LogP contribution in [0, 0.1) is 35.5 Å². The molecule has 666 valence electrons. The van der Waals surface area contributed by atoms with Gasteiger partial charge in [-0.25, -0.2) is 0 Å². The van der Waals surface area contributed by atoms with Crippen LogP contribution in [0.3, 0.4) is 0 Å². The monoisotopic (exact) mass is 1670 g/mol. The SMILES string of the molecule is CC(C)C[C@@H]1NC(=O)[C@H](CCCCN)NC(=O)[C@H](C(C)C)NC(=O)[C@@H]2CCCN2C(=O)[C@@H](Cc2ccc(O)cc2)NC(=O)[C@H](CC(C)C)NC(=O)[C@H](CCCCN)NC(=O)[C@H](C(C)C)NC(=O)[C@H](CCCCN)NC(=O)[C@H](CC(C)C)NC(=O)[C@@H]2CCCN2C(=O)[C@@H](Cc2ccc(O)cc2)NC(=O)[C@H](C(C)C)NC(=O)[C@H](CCCCN)NC1=O. The van der Waals surface area contributed by atoms with Crippen molar-refractivity contribution in [1.82, 2.24) is 73.6 Å². The third-order valence-electron chi connectivity index (χ3n) is 21.7. The van der Waals surface area contributed by atoms with Gasteiger partial charge in [0.05, 0.1) is 0 Å². The summed E-state index contributed by atoms with van der Waals surface area (Å²) in [5, 5.41) is 54.6. The van der Waals surface area contributed by atoms with Gasteiger partial charge >= 0.3 is 0 Å². The van der Waals surface area contributed by atoms with Crippen molar-refractivity contribution in [2.24, 2.45) is 58.4 Å². The van der Waals surface area contributed by atoms with Crippen molar-refractivity contribution in [2.75, 3.05) is 39.3 Å². The summed E-state index contributed by atoms with van der Waals surface area (Å²) in [4.78, 5) is 212. The van der Waals surface area contributed by atoms with E-state index in [2.05, 4.69) is 63.8 Å². The number of hydrogen-bond donors (Lipinski definition) is 18. The molecule has 0 aliphatic carbocycles. The van der Waals surface area contributed by atoms with E-state index in [0.717, 1.165) is 0 Å². The lowest BCUT2D eigenvalue weighted by Crippen LogP contribution is -2.62. The Hall–Kier alpha value is -9.54. The molecule has 119 heavy (non-hydrogen) atoms. The predicted molar refractivity (Wildman–Crippen MR) is 451 cm³/mol. The van der Waals surface area contributed by atoms with Gasteiger partial charge in [-0.1, -0.05) is 107 Å². The van der Waals surface area contributed by atoms with E-state index in [0.29, 0.717) is 75.3 Å². The molecule has 34 heteroatoms. The number of nitrogens with two attached hydrogens (primary N) is 4. The molecule has 22 N–H and O–H groups in total. The highest BCUT2D eigenvalue weighted by Gasteiger charge is 2.45. The van der Waals surface area contributed by atoms with Gasteiger partial charge in [0.15, 0.2) is 0 Å². The number of phenolic OH excluding ortho intramolecular Hbond substituents is 2. The summed E-state index contributed by atoms with van der Waals surface area (Å²) in [7, 11) is 0. The number of aromatic hydroxyl groups is 2. The molecule has 3 saturated heterocycles. The fourth-order valence-corrected chi connectivity index (χ4v) is 15.1. The predicted octanol–water partition coefficient (Wildman–Crippen LogP) is 1.32. The molecule has 0 unspecified atom stereocenters. The maximum absolute atomic E-state index is 15.3. The van der Waals surface area contributed by atoms with Crippen molar-refractivity contribution in [3.63, 3.8) is 0 Å². The Kier molecular flexibility index (Phi) is 42.5. The third-order valence-corrected chi connectivity index (χ3v) is 21.7. The van der Waals surface area contributed by atoms with E-state index >= 15 is 14.4 Å². The first-order valence-electron chi connectivity index (χ1n) is 43.0. The topological polar surface area (TPSA) is 534 Å². The quantitative estimate of drug-likeness (QED) is 0.0511. The second kappa shape index (κ2) is 50.5. The molecule has 14 amide bonds. The fourth-order valence-electron chi connectivity index (χ4n) is 15.1. The van der Waals surface area contributed by atoms with Gasteiger partial charge in [-0.05, 0) is 219 Å². The van der Waals surface area contributed by atoms with E-state index in [4.69, 9.17) is 22.9 Å². The van der Waals surface area contributed by atoms with Crippen molar-refractivity contribution in [1.29, 1.82) is 0 Å². The Balaban J connectivity index is 1.65. The summed E-state index contributed by atoms with van der Waals surface area (Å²) >= 11 is 0. The van der Waals surface area contributed by atoms with E-state index in [9.17, 15) is 63.0 Å². The maximum atomic E-state index is 15.3. The third kappa shape index (κ3) is 32.5. The Morgan fingerprint density at radius 1 is 0.303 bits per heavy atom. The molecule has 0 spiro atoms. The van der Waals surface area contributed by atoms with Crippen molar-refractivity contribution < 1.29 is 77.3 Å². The summed E-state index contributed by atoms with van der Waals surface area (Å²) in [6.07, 6.45) is 3.90. The molecular formula is C85H140N18O16. The Bertz CT molecular complexity index is 3660. The van der Waals surface area contributed by atoms with Crippen LogP contribution in [0.5, 0.6) is 11.5 Å². The molecule has 5 rings (SSSR count). The van der Waals surface area contributed by atoms with Gasteiger partial charge in [0, 0.05) is 25.9 Å². The van der Waals surface area contributed by atoms with Crippen LogP contribution in [0.2, 0.25) is 0 Å². The van der Waals surface area contributed by atoms with E-state index in [1.165, 1.54) is 34.1 Å². The molecule has 2 aromatic rings. The zero-order valence-electron chi connectivity index (χ0n) is 72.1. The van der Waals surface area contributed by atoms with Crippen molar-refractivity contribution in [2.45, 2.75) is 303 Å². The highest BCUT2D eigenvalue weighted by molar-refractivity contribution is 6.01. The number of carbonyl (C=O) groups is 14. The average Bonchev–Trinajstić information content (AvgIpc) is 1.74. The molecule has 3 fully saturated rings. The smallest absolute Gasteiger partial charge is 0.246 e. The van der Waals surface area contributed by atoms with Crippen molar-refractivity contribution in [3.8, 4) is 11.5 Å². The van der Waals surface area contributed by atoms with Crippen LogP contribution in [-0.4, -0.2) is 227 Å².